The summed E-state index contributed by atoms with van der Waals surface area (Å²) >= 11 is 0. The van der Waals surface area contributed by atoms with Gasteiger partial charge in [0.25, 0.3) is 10.0 Å². The lowest BCUT2D eigenvalue weighted by Crippen LogP contribution is -2.32. The van der Waals surface area contributed by atoms with E-state index in [2.05, 4.69) is 14.7 Å². The van der Waals surface area contributed by atoms with Gasteiger partial charge >= 0.3 is 0 Å². The van der Waals surface area contributed by atoms with Gasteiger partial charge in [-0.05, 0) is 31.2 Å². The highest BCUT2D eigenvalue weighted by Gasteiger charge is 2.24. The SMILES string of the molecule is Cc1ccc(CN=C(N)C(=NS(C)(=O)=O)Nc2cccc(S(=O)(=O)N(C)C)c2O)o1. The summed E-state index contributed by atoms with van der Waals surface area (Å²) in [5.41, 5.74) is 5.77. The summed E-state index contributed by atoms with van der Waals surface area (Å²) in [5, 5.41) is 13.0. The number of para-hydroxylation sites is 1. The van der Waals surface area contributed by atoms with Crippen molar-refractivity contribution < 1.29 is 26.4 Å². The summed E-state index contributed by atoms with van der Waals surface area (Å²) in [7, 11) is -5.23. The molecule has 0 spiro atoms. The van der Waals surface area contributed by atoms with E-state index >= 15 is 0 Å². The maximum Gasteiger partial charge on any atom is 0.252 e. The summed E-state index contributed by atoms with van der Waals surface area (Å²) in [6, 6.07) is 7.34. The van der Waals surface area contributed by atoms with E-state index in [0.717, 1.165) is 10.6 Å². The number of hydrogen-bond donors (Lipinski definition) is 3. The number of nitrogens with zero attached hydrogens (tertiary/aromatic N) is 3. The van der Waals surface area contributed by atoms with Crippen LogP contribution < -0.4 is 11.1 Å². The maximum absolute atomic E-state index is 12.4. The maximum atomic E-state index is 12.4. The van der Waals surface area contributed by atoms with Crippen LogP contribution in [0, 0.1) is 6.92 Å². The summed E-state index contributed by atoms with van der Waals surface area (Å²) in [6.45, 7) is 1.78. The van der Waals surface area contributed by atoms with E-state index in [1.54, 1.807) is 19.1 Å². The molecule has 0 saturated carbocycles. The van der Waals surface area contributed by atoms with Gasteiger partial charge in [0.2, 0.25) is 10.0 Å². The van der Waals surface area contributed by atoms with E-state index in [9.17, 15) is 21.9 Å². The van der Waals surface area contributed by atoms with E-state index in [0.29, 0.717) is 11.5 Å². The molecule has 13 heteroatoms. The molecule has 2 aromatic rings. The lowest BCUT2D eigenvalue weighted by atomic mass is 10.3. The molecule has 0 unspecified atom stereocenters. The topological polar surface area (TPSA) is 168 Å². The van der Waals surface area contributed by atoms with Crippen LogP contribution in [0.1, 0.15) is 11.5 Å². The number of phenolic OH excluding ortho intramolecular Hbond substituents is 1. The number of phenols is 1. The molecular formula is C17H23N5O6S2. The van der Waals surface area contributed by atoms with Crippen LogP contribution in [0.15, 0.2) is 49.0 Å². The zero-order valence-electron chi connectivity index (χ0n) is 16.8. The van der Waals surface area contributed by atoms with Gasteiger partial charge in [-0.2, -0.15) is 0 Å². The molecule has 0 saturated heterocycles. The van der Waals surface area contributed by atoms with Crippen molar-refractivity contribution >= 4 is 37.4 Å². The van der Waals surface area contributed by atoms with E-state index in [4.69, 9.17) is 10.2 Å². The molecule has 0 bridgehead atoms. The van der Waals surface area contributed by atoms with Gasteiger partial charge in [-0.1, -0.05) is 6.07 Å². The van der Waals surface area contributed by atoms with Crippen molar-refractivity contribution in [3.05, 3.63) is 41.9 Å². The fourth-order valence-corrected chi connectivity index (χ4v) is 3.73. The standard InChI is InChI=1S/C17H23N5O6S2/c1-11-8-9-12(28-11)10-19-16(18)17(21-29(4,24)25)20-13-6-5-7-14(15(13)23)30(26,27)22(2)3/h5-9,23H,10H2,1-4H3,(H2,18,19)(H,20,21). The fraction of sp³-hybridized carbons (Fsp3) is 0.294. The lowest BCUT2D eigenvalue weighted by molar-refractivity contribution is 0.455. The van der Waals surface area contributed by atoms with Crippen LogP contribution in [-0.4, -0.2) is 58.3 Å². The average molecular weight is 458 g/mol. The van der Waals surface area contributed by atoms with Crippen molar-refractivity contribution in [3.8, 4) is 5.75 Å². The van der Waals surface area contributed by atoms with Gasteiger partial charge in [0.15, 0.2) is 17.4 Å². The van der Waals surface area contributed by atoms with Crippen molar-refractivity contribution in [1.82, 2.24) is 4.31 Å². The Morgan fingerprint density at radius 1 is 1.20 bits per heavy atom. The molecular weight excluding hydrogens is 434 g/mol. The molecule has 0 radical (unpaired) electrons. The predicted molar refractivity (Wildman–Crippen MR) is 114 cm³/mol. The van der Waals surface area contributed by atoms with Gasteiger partial charge in [0.05, 0.1) is 18.5 Å². The van der Waals surface area contributed by atoms with Crippen LogP contribution in [0.4, 0.5) is 5.69 Å². The van der Waals surface area contributed by atoms with Crippen LogP contribution in [0.25, 0.3) is 0 Å². The van der Waals surface area contributed by atoms with Crippen molar-refractivity contribution in [2.24, 2.45) is 15.1 Å². The molecule has 164 valence electrons. The van der Waals surface area contributed by atoms with Crippen LogP contribution in [0.5, 0.6) is 5.75 Å². The van der Waals surface area contributed by atoms with Crippen molar-refractivity contribution in [3.63, 3.8) is 0 Å². The Balaban J connectivity index is 2.45. The van der Waals surface area contributed by atoms with Crippen molar-refractivity contribution in [1.29, 1.82) is 0 Å². The third-order valence-corrected chi connectivity index (χ3v) is 6.07. The first-order valence-corrected chi connectivity index (χ1v) is 11.8. The van der Waals surface area contributed by atoms with Crippen LogP contribution in [0.2, 0.25) is 0 Å². The zero-order chi connectivity index (χ0) is 22.7. The Morgan fingerprint density at radius 3 is 2.40 bits per heavy atom. The second-order valence-corrected chi connectivity index (χ2v) is 10.2. The highest BCUT2D eigenvalue weighted by Crippen LogP contribution is 2.32. The normalized spacial score (nSPS) is 13.6. The number of aliphatic imine (C=N–C) groups is 1. The summed E-state index contributed by atoms with van der Waals surface area (Å²) in [4.78, 5) is 3.68. The van der Waals surface area contributed by atoms with Gasteiger partial charge in [-0.3, -0.25) is 4.99 Å². The smallest absolute Gasteiger partial charge is 0.252 e. The van der Waals surface area contributed by atoms with E-state index in [1.807, 2.05) is 0 Å². The first kappa shape index (κ1) is 23.4. The second kappa shape index (κ2) is 8.85. The Bertz CT molecular complexity index is 1200. The number of aromatic hydroxyl groups is 1. The Labute approximate surface area is 175 Å². The number of amidine groups is 2. The van der Waals surface area contributed by atoms with Crippen molar-refractivity contribution in [2.45, 2.75) is 18.4 Å². The fourth-order valence-electron chi connectivity index (χ4n) is 2.26. The number of hydrogen-bond acceptors (Lipinski definition) is 7. The minimum absolute atomic E-state index is 0.0190. The Kier molecular flexibility index (Phi) is 6.90. The molecule has 0 atom stereocenters. The molecule has 0 aliphatic carbocycles. The van der Waals surface area contributed by atoms with E-state index in [-0.39, 0.29) is 28.8 Å². The number of nitrogens with two attached hydrogens (primary N) is 1. The van der Waals surface area contributed by atoms with Gasteiger partial charge in [-0.15, -0.1) is 4.40 Å². The summed E-state index contributed by atoms with van der Waals surface area (Å²) in [6.07, 6.45) is 0.852. The number of furan rings is 1. The van der Waals surface area contributed by atoms with Gasteiger partial charge in [0.1, 0.15) is 16.4 Å². The largest absolute Gasteiger partial charge is 0.504 e. The first-order valence-electron chi connectivity index (χ1n) is 8.48. The lowest BCUT2D eigenvalue weighted by Gasteiger charge is -2.16. The zero-order valence-corrected chi connectivity index (χ0v) is 18.5. The van der Waals surface area contributed by atoms with Gasteiger partial charge in [0, 0.05) is 14.1 Å². The molecule has 1 aromatic carbocycles. The Morgan fingerprint density at radius 2 is 1.87 bits per heavy atom. The Hall–Kier alpha value is -2.90. The van der Waals surface area contributed by atoms with Gasteiger partial charge in [-0.25, -0.2) is 21.1 Å². The van der Waals surface area contributed by atoms with Crippen LogP contribution >= 0.6 is 0 Å². The number of sulfonamides is 2. The minimum Gasteiger partial charge on any atom is -0.504 e. The third-order valence-electron chi connectivity index (χ3n) is 3.71. The third kappa shape index (κ3) is 5.81. The molecule has 0 amide bonds. The monoisotopic (exact) mass is 457 g/mol. The number of nitrogens with one attached hydrogen (secondary N) is 1. The molecule has 1 heterocycles. The molecule has 4 N–H and O–H groups in total. The minimum atomic E-state index is -3.95. The number of anilines is 1. The first-order chi connectivity index (χ1) is 13.8. The van der Waals surface area contributed by atoms with E-state index < -0.39 is 25.8 Å². The quantitative estimate of drug-likeness (QED) is 0.326. The average Bonchev–Trinajstić information content (AvgIpc) is 3.04. The molecule has 0 fully saturated rings. The molecule has 11 nitrogen and oxygen atoms in total. The molecule has 2 rings (SSSR count). The van der Waals surface area contributed by atoms with Crippen molar-refractivity contribution in [2.75, 3.05) is 25.7 Å². The highest BCUT2D eigenvalue weighted by atomic mass is 32.2. The highest BCUT2D eigenvalue weighted by molar-refractivity contribution is 7.89. The van der Waals surface area contributed by atoms with E-state index in [1.165, 1.54) is 32.3 Å². The number of benzene rings is 1. The number of rotatable bonds is 6. The molecule has 1 aromatic heterocycles. The predicted octanol–water partition coefficient (Wildman–Crippen LogP) is 0.871. The molecule has 0 aliphatic heterocycles. The summed E-state index contributed by atoms with van der Waals surface area (Å²) in [5.74, 6) is -0.117. The summed E-state index contributed by atoms with van der Waals surface area (Å²) < 4.78 is 57.9. The van der Waals surface area contributed by atoms with Crippen LogP contribution in [0.3, 0.4) is 0 Å². The van der Waals surface area contributed by atoms with Crippen LogP contribution in [-0.2, 0) is 26.6 Å². The second-order valence-electron chi connectivity index (χ2n) is 6.45. The molecule has 30 heavy (non-hydrogen) atoms. The molecule has 0 aliphatic rings. The van der Waals surface area contributed by atoms with Gasteiger partial charge < -0.3 is 20.6 Å². The number of aryl methyl sites for hydroxylation is 1.